The first kappa shape index (κ1) is 20.7. The maximum Gasteiger partial charge on any atom is 0.337 e. The van der Waals surface area contributed by atoms with Gasteiger partial charge in [0.1, 0.15) is 15.9 Å². The van der Waals surface area contributed by atoms with E-state index in [1.165, 1.54) is 4.57 Å². The number of primary amides is 1. The van der Waals surface area contributed by atoms with Crippen molar-refractivity contribution in [2.24, 2.45) is 11.1 Å². The Hall–Kier alpha value is -2.62. The molecular weight excluding hydrogens is 372 g/mol. The van der Waals surface area contributed by atoms with Crippen molar-refractivity contribution in [2.75, 3.05) is 12.0 Å². The molecule has 27 heavy (non-hydrogen) atoms. The molecule has 0 bridgehead atoms. The Morgan fingerprint density at radius 3 is 2.22 bits per heavy atom. The van der Waals surface area contributed by atoms with Crippen LogP contribution in [0.2, 0.25) is 0 Å². The zero-order valence-corrected chi connectivity index (χ0v) is 16.5. The van der Waals surface area contributed by atoms with Crippen molar-refractivity contribution in [3.05, 3.63) is 34.7 Å². The summed E-state index contributed by atoms with van der Waals surface area (Å²) in [7, 11) is -3.30. The van der Waals surface area contributed by atoms with Gasteiger partial charge in [0.25, 0.3) is 0 Å². The lowest BCUT2D eigenvalue weighted by Gasteiger charge is -2.28. The molecule has 0 fully saturated rings. The van der Waals surface area contributed by atoms with Crippen LogP contribution >= 0.6 is 0 Å². The fraction of sp³-hybridized carbons (Fsp3) is 0.471. The third-order valence-corrected chi connectivity index (χ3v) is 5.07. The number of para-hydroxylation sites is 2. The summed E-state index contributed by atoms with van der Waals surface area (Å²) >= 11 is 0. The first-order chi connectivity index (χ1) is 12.3. The number of nitrogens with one attached hydrogen (secondary N) is 1. The van der Waals surface area contributed by atoms with Gasteiger partial charge < -0.3 is 11.1 Å². The number of nitrogens with zero attached hydrogens (tertiary/aromatic N) is 2. The number of aryl methyl sites for hydroxylation is 1. The van der Waals surface area contributed by atoms with Crippen LogP contribution in [0.15, 0.2) is 29.1 Å². The van der Waals surface area contributed by atoms with Crippen LogP contribution in [0.5, 0.6) is 0 Å². The zero-order chi connectivity index (χ0) is 20.6. The highest BCUT2D eigenvalue weighted by Crippen LogP contribution is 2.19. The second kappa shape index (κ2) is 7.18. The summed E-state index contributed by atoms with van der Waals surface area (Å²) in [4.78, 5) is 37.3. The topological polar surface area (TPSA) is 133 Å². The van der Waals surface area contributed by atoms with Crippen LogP contribution in [-0.2, 0) is 21.2 Å². The second-order valence-corrected chi connectivity index (χ2v) is 9.80. The van der Waals surface area contributed by atoms with E-state index in [1.807, 2.05) is 0 Å². The smallest absolute Gasteiger partial charge is 0.337 e. The van der Waals surface area contributed by atoms with E-state index in [-0.39, 0.29) is 12.3 Å². The number of aromatic nitrogens is 2. The summed E-state index contributed by atoms with van der Waals surface area (Å²) in [6.45, 7) is 5.12. The van der Waals surface area contributed by atoms with Gasteiger partial charge in [0.15, 0.2) is 0 Å². The van der Waals surface area contributed by atoms with Gasteiger partial charge in [-0.1, -0.05) is 32.9 Å². The molecule has 10 heteroatoms. The van der Waals surface area contributed by atoms with Gasteiger partial charge in [0.2, 0.25) is 5.91 Å². The van der Waals surface area contributed by atoms with Crippen molar-refractivity contribution >= 4 is 32.8 Å². The van der Waals surface area contributed by atoms with Gasteiger partial charge in [-0.05, 0) is 17.5 Å². The maximum absolute atomic E-state index is 12.8. The van der Waals surface area contributed by atoms with Gasteiger partial charge in [-0.15, -0.1) is 0 Å². The van der Waals surface area contributed by atoms with Gasteiger partial charge in [-0.2, -0.15) is 0 Å². The van der Waals surface area contributed by atoms with Gasteiger partial charge in [-0.25, -0.2) is 22.6 Å². The van der Waals surface area contributed by atoms with E-state index in [2.05, 4.69) is 5.32 Å². The number of imidazole rings is 1. The van der Waals surface area contributed by atoms with E-state index < -0.39 is 38.9 Å². The molecule has 2 amide bonds. The number of nitrogens with two attached hydrogens (primary N) is 1. The molecule has 0 aliphatic carbocycles. The number of carbonyl (C=O) groups is 2. The van der Waals surface area contributed by atoms with Crippen LogP contribution in [0.4, 0.5) is 4.79 Å². The van der Waals surface area contributed by atoms with E-state index in [1.54, 1.807) is 45.0 Å². The highest BCUT2D eigenvalue weighted by atomic mass is 32.2. The van der Waals surface area contributed by atoms with Crippen molar-refractivity contribution in [3.8, 4) is 0 Å². The van der Waals surface area contributed by atoms with E-state index in [9.17, 15) is 22.8 Å². The maximum atomic E-state index is 12.8. The van der Waals surface area contributed by atoms with Gasteiger partial charge in [-0.3, -0.25) is 9.36 Å². The SMILES string of the molecule is CC(C)(C)[C@H](NC(=O)n1c(=O)n(CCS(C)(=O)=O)c2ccccc21)C(N)=O. The fourth-order valence-electron chi connectivity index (χ4n) is 2.78. The average Bonchev–Trinajstić information content (AvgIpc) is 2.80. The molecule has 0 spiro atoms. The molecule has 1 aromatic carbocycles. The summed E-state index contributed by atoms with van der Waals surface area (Å²) in [5.41, 5.74) is 4.78. The van der Waals surface area contributed by atoms with Crippen molar-refractivity contribution in [3.63, 3.8) is 0 Å². The molecule has 2 rings (SSSR count). The van der Waals surface area contributed by atoms with Crippen molar-refractivity contribution < 1.29 is 18.0 Å². The summed E-state index contributed by atoms with van der Waals surface area (Å²) in [6.07, 6.45) is 1.07. The van der Waals surface area contributed by atoms with Gasteiger partial charge >= 0.3 is 11.7 Å². The van der Waals surface area contributed by atoms with Crippen molar-refractivity contribution in [1.29, 1.82) is 0 Å². The molecule has 0 unspecified atom stereocenters. The zero-order valence-electron chi connectivity index (χ0n) is 15.7. The monoisotopic (exact) mass is 396 g/mol. The van der Waals surface area contributed by atoms with Gasteiger partial charge in [0.05, 0.1) is 16.8 Å². The van der Waals surface area contributed by atoms with E-state index >= 15 is 0 Å². The average molecular weight is 396 g/mol. The third-order valence-electron chi connectivity index (χ3n) is 4.14. The lowest BCUT2D eigenvalue weighted by molar-refractivity contribution is -0.122. The summed E-state index contributed by atoms with van der Waals surface area (Å²) < 4.78 is 25.1. The predicted octanol–water partition coefficient (Wildman–Crippen LogP) is 0.305. The van der Waals surface area contributed by atoms with E-state index in [0.29, 0.717) is 11.0 Å². The largest absolute Gasteiger partial charge is 0.368 e. The second-order valence-electron chi connectivity index (χ2n) is 7.54. The number of amides is 2. The molecule has 0 radical (unpaired) electrons. The molecule has 3 N–H and O–H groups in total. The molecule has 1 aromatic heterocycles. The van der Waals surface area contributed by atoms with Crippen LogP contribution in [-0.4, -0.2) is 47.5 Å². The number of fused-ring (bicyclic) bond motifs is 1. The number of carbonyl (C=O) groups excluding carboxylic acids is 2. The molecule has 0 saturated carbocycles. The lowest BCUT2D eigenvalue weighted by Crippen LogP contribution is -2.54. The Morgan fingerprint density at radius 1 is 1.19 bits per heavy atom. The van der Waals surface area contributed by atoms with Crippen LogP contribution in [0, 0.1) is 5.41 Å². The molecule has 1 heterocycles. The molecular formula is C17H24N4O5S. The Kier molecular flexibility index (Phi) is 5.50. The highest BCUT2D eigenvalue weighted by molar-refractivity contribution is 7.90. The molecule has 1 atom stereocenters. The molecule has 2 aromatic rings. The number of benzene rings is 1. The molecule has 9 nitrogen and oxygen atoms in total. The molecule has 0 aliphatic heterocycles. The minimum atomic E-state index is -3.30. The molecule has 148 valence electrons. The third kappa shape index (κ3) is 4.57. The predicted molar refractivity (Wildman–Crippen MR) is 102 cm³/mol. The Balaban J connectivity index is 2.52. The number of rotatable bonds is 5. The van der Waals surface area contributed by atoms with E-state index in [4.69, 9.17) is 5.73 Å². The Bertz CT molecular complexity index is 1040. The first-order valence-electron chi connectivity index (χ1n) is 8.31. The fourth-order valence-corrected chi connectivity index (χ4v) is 3.29. The Morgan fingerprint density at radius 2 is 1.74 bits per heavy atom. The molecule has 0 aliphatic rings. The Labute approximate surface area is 157 Å². The lowest BCUT2D eigenvalue weighted by atomic mass is 9.86. The number of sulfone groups is 1. The summed E-state index contributed by atoms with van der Waals surface area (Å²) in [5, 5.41) is 2.51. The minimum Gasteiger partial charge on any atom is -0.368 e. The van der Waals surface area contributed by atoms with Crippen LogP contribution in [0.1, 0.15) is 20.8 Å². The van der Waals surface area contributed by atoms with Crippen molar-refractivity contribution in [2.45, 2.75) is 33.4 Å². The summed E-state index contributed by atoms with van der Waals surface area (Å²) in [6, 6.07) is 4.74. The summed E-state index contributed by atoms with van der Waals surface area (Å²) in [5.74, 6) is -0.959. The first-order valence-corrected chi connectivity index (χ1v) is 10.4. The van der Waals surface area contributed by atoms with Crippen LogP contribution < -0.4 is 16.7 Å². The van der Waals surface area contributed by atoms with Crippen LogP contribution in [0.25, 0.3) is 11.0 Å². The normalized spacial score (nSPS) is 13.5. The van der Waals surface area contributed by atoms with Crippen LogP contribution in [0.3, 0.4) is 0 Å². The number of hydrogen-bond acceptors (Lipinski definition) is 5. The quantitative estimate of drug-likeness (QED) is 0.750. The highest BCUT2D eigenvalue weighted by Gasteiger charge is 2.32. The van der Waals surface area contributed by atoms with E-state index in [0.717, 1.165) is 10.8 Å². The standard InChI is InChI=1S/C17H24N4O5S/c1-17(2,3)13(14(18)22)19-15(23)21-12-8-6-5-7-11(12)20(16(21)24)9-10-27(4,25)26/h5-8,13H,9-10H2,1-4H3,(H2,18,22)(H,19,23)/t13-/m1/s1. The van der Waals surface area contributed by atoms with Crippen molar-refractivity contribution in [1.82, 2.24) is 14.5 Å². The number of hydrogen-bond donors (Lipinski definition) is 2. The molecule has 0 saturated heterocycles. The minimum absolute atomic E-state index is 0.0863. The van der Waals surface area contributed by atoms with Gasteiger partial charge in [0, 0.05) is 12.8 Å².